The fourth-order valence-electron chi connectivity index (χ4n) is 6.83. The van der Waals surface area contributed by atoms with E-state index in [1.807, 2.05) is 42.6 Å². The van der Waals surface area contributed by atoms with E-state index in [1.165, 1.54) is 18.3 Å². The molecule has 8 aromatic rings. The number of ether oxygens (including phenoxy) is 1. The Bertz CT molecular complexity index is 2990. The Kier molecular flexibility index (Phi) is 27.7. The summed E-state index contributed by atoms with van der Waals surface area (Å²) in [6, 6.07) is 28.3. The molecule has 3 aromatic heterocycles. The molecule has 1 saturated heterocycles. The number of fused-ring (bicyclic) bond motifs is 3. The standard InChI is InChI=1S/C30H26F3N3O2.C9H7BrN2O.C8H4BrClN2.CH2O3.CH4O.2K.H/c31-30(32,33)24-3-1-2-20(14-24)16-25(37)15-19-4-6-22(7-5-19)29(38)23-8-9-26-27(17-23)36-28(18-35-26)21-10-12-34-13-11-21;1-13-9-5-11-7-3-2-6(10)4-8(7)12-9;9-5-1-2-6-7(3-5)12-8(10)4-11-6;2-1-4-3;1-2;;;/h1-9,14,17-18,21,34H,10-13,15-16H2;2-5H,1H3;1-4H;1,3H;2H,1H3;;;/q;;;;;2*+1;-1/p-1. The molecule has 14 nitrogen and oxygen atoms in total. The molecule has 71 heavy (non-hydrogen) atoms. The molecular weight excluding hydrogens is 1130 g/mol. The van der Waals surface area contributed by atoms with Crippen LogP contribution in [-0.4, -0.2) is 80.4 Å². The Morgan fingerprint density at radius 3 is 1.87 bits per heavy atom. The number of aliphatic hydroxyl groups is 1. The third-order valence-corrected chi connectivity index (χ3v) is 11.2. The van der Waals surface area contributed by atoms with Crippen LogP contribution in [0.2, 0.25) is 5.15 Å². The number of methoxy groups -OCH3 is 1. The molecule has 2 N–H and O–H groups in total. The number of ketones is 2. The molecule has 9 rings (SSSR count). The van der Waals surface area contributed by atoms with Crippen molar-refractivity contribution in [2.24, 2.45) is 0 Å². The molecular formula is C49H43Br2ClF3K2N7O7. The summed E-state index contributed by atoms with van der Waals surface area (Å²) in [6.45, 7) is 1.73. The van der Waals surface area contributed by atoms with Crippen molar-refractivity contribution in [1.29, 1.82) is 0 Å². The molecule has 22 heteroatoms. The van der Waals surface area contributed by atoms with Gasteiger partial charge in [0, 0.05) is 52.1 Å². The van der Waals surface area contributed by atoms with Gasteiger partial charge in [0.15, 0.2) is 5.78 Å². The molecule has 5 aromatic carbocycles. The molecule has 0 atom stereocenters. The zero-order chi connectivity index (χ0) is 49.9. The maximum atomic E-state index is 13.1. The molecule has 0 amide bonds. The minimum atomic E-state index is -4.45. The largest absolute Gasteiger partial charge is 1.00 e. The first kappa shape index (κ1) is 62.2. The summed E-state index contributed by atoms with van der Waals surface area (Å²) in [5.41, 5.74) is 6.92. The van der Waals surface area contributed by atoms with Crippen molar-refractivity contribution in [1.82, 2.24) is 35.2 Å². The Balaban J connectivity index is 0.000000425. The van der Waals surface area contributed by atoms with Gasteiger partial charge in [-0.15, -0.1) is 0 Å². The number of piperidine rings is 1. The van der Waals surface area contributed by atoms with Gasteiger partial charge < -0.3 is 26.7 Å². The van der Waals surface area contributed by atoms with Gasteiger partial charge in [0.1, 0.15) is 10.9 Å². The van der Waals surface area contributed by atoms with Crippen LogP contribution in [0.3, 0.4) is 0 Å². The zero-order valence-electron chi connectivity index (χ0n) is 39.8. The molecule has 0 bridgehead atoms. The number of Topliss-reactive ketones (excluding diaryl/α,β-unsaturated/α-hetero) is 1. The van der Waals surface area contributed by atoms with Gasteiger partial charge in [-0.2, -0.15) is 13.2 Å². The number of alkyl halides is 3. The van der Waals surface area contributed by atoms with Crippen molar-refractivity contribution < 1.29 is 152 Å². The zero-order valence-corrected chi connectivity index (χ0v) is 49.0. The molecule has 0 unspecified atom stereocenters. The van der Waals surface area contributed by atoms with E-state index in [0.29, 0.717) is 44.7 Å². The van der Waals surface area contributed by atoms with E-state index >= 15 is 0 Å². The number of nitrogens with one attached hydrogen (secondary N) is 1. The fraction of sp³-hybridized carbons (Fsp3) is 0.204. The Labute approximate surface area is 514 Å². The second-order valence-electron chi connectivity index (χ2n) is 14.7. The fourth-order valence-corrected chi connectivity index (χ4v) is 7.66. The Morgan fingerprint density at radius 1 is 0.746 bits per heavy atom. The smallest absolute Gasteiger partial charge is 1.00 e. The molecule has 1 aliphatic rings. The molecule has 1 aliphatic heterocycles. The van der Waals surface area contributed by atoms with Gasteiger partial charge in [0.25, 0.3) is 6.47 Å². The van der Waals surface area contributed by atoms with E-state index < -0.39 is 11.7 Å². The van der Waals surface area contributed by atoms with E-state index in [2.05, 4.69) is 67.0 Å². The number of rotatable bonds is 9. The summed E-state index contributed by atoms with van der Waals surface area (Å²) in [6.07, 6.45) is 2.51. The molecule has 0 saturated carbocycles. The third-order valence-electron chi connectivity index (χ3n) is 10.1. The predicted octanol–water partition coefficient (Wildman–Crippen LogP) is 3.31. The molecule has 0 spiro atoms. The van der Waals surface area contributed by atoms with Crippen molar-refractivity contribution in [2.75, 3.05) is 27.3 Å². The molecule has 360 valence electrons. The number of benzene rings is 5. The van der Waals surface area contributed by atoms with Crippen LogP contribution in [0.15, 0.2) is 131 Å². The van der Waals surface area contributed by atoms with Gasteiger partial charge in [-0.05, 0) is 97.7 Å². The van der Waals surface area contributed by atoms with Gasteiger partial charge >= 0.3 is 109 Å². The number of halogens is 6. The maximum absolute atomic E-state index is 13.1. The SMILES string of the molecule is CO.COc1cnc2ccc(Br)cc2n1.Clc1cnc2ccc(Br)cc2n1.O=C(Cc1ccc(C(=O)c2ccc3ncc(C4CCNCC4)nc3c2)cc1)Cc1cccc(C(F)(F)F)c1.O=CO[O-].[H-].[K+].[K+]. The summed E-state index contributed by atoms with van der Waals surface area (Å²) in [5.74, 6) is 0.519. The summed E-state index contributed by atoms with van der Waals surface area (Å²) >= 11 is 12.4. The van der Waals surface area contributed by atoms with Gasteiger partial charge in [-0.3, -0.25) is 24.4 Å². The second kappa shape index (κ2) is 31.6. The van der Waals surface area contributed by atoms with Crippen LogP contribution >= 0.6 is 43.5 Å². The van der Waals surface area contributed by atoms with Crippen molar-refractivity contribution in [3.63, 3.8) is 0 Å². The molecule has 0 radical (unpaired) electrons. The van der Waals surface area contributed by atoms with E-state index in [9.17, 15) is 22.8 Å². The normalized spacial score (nSPS) is 11.8. The average Bonchev–Trinajstić information content (AvgIpc) is 3.36. The van der Waals surface area contributed by atoms with Crippen molar-refractivity contribution in [2.45, 2.75) is 37.8 Å². The molecule has 4 heterocycles. The van der Waals surface area contributed by atoms with Gasteiger partial charge in [0.05, 0.1) is 63.9 Å². The Morgan fingerprint density at radius 2 is 1.28 bits per heavy atom. The number of nitrogens with zero attached hydrogens (tertiary/aromatic N) is 6. The first-order chi connectivity index (χ1) is 33.2. The van der Waals surface area contributed by atoms with Gasteiger partial charge in [-0.25, -0.2) is 19.9 Å². The first-order valence-corrected chi connectivity index (χ1v) is 22.7. The van der Waals surface area contributed by atoms with Crippen LogP contribution in [0, 0.1) is 0 Å². The van der Waals surface area contributed by atoms with Crippen LogP contribution in [0.4, 0.5) is 13.2 Å². The number of aromatic nitrogens is 6. The minimum absolute atomic E-state index is 0. The maximum Gasteiger partial charge on any atom is 1.00 e. The quantitative estimate of drug-likeness (QED) is 0.0701. The summed E-state index contributed by atoms with van der Waals surface area (Å²) in [4.78, 5) is 62.9. The van der Waals surface area contributed by atoms with Crippen LogP contribution in [0.1, 0.15) is 58.5 Å². The number of hydrogen-bond acceptors (Lipinski definition) is 14. The van der Waals surface area contributed by atoms with Crippen LogP contribution in [0.5, 0.6) is 5.88 Å². The minimum Gasteiger partial charge on any atom is -1.00 e. The first-order valence-electron chi connectivity index (χ1n) is 20.7. The van der Waals surface area contributed by atoms with Crippen LogP contribution in [-0.2, 0) is 33.5 Å². The topological polar surface area (TPSA) is 202 Å². The average molecular weight is 1170 g/mol. The van der Waals surface area contributed by atoms with Gasteiger partial charge in [0.2, 0.25) is 5.88 Å². The van der Waals surface area contributed by atoms with Crippen molar-refractivity contribution in [3.8, 4) is 5.88 Å². The number of hydrogen-bond donors (Lipinski definition) is 2. The predicted molar refractivity (Wildman–Crippen MR) is 261 cm³/mol. The van der Waals surface area contributed by atoms with Gasteiger partial charge in [-0.1, -0.05) is 85.9 Å². The third kappa shape index (κ3) is 19.6. The second-order valence-corrected chi connectivity index (χ2v) is 16.9. The summed E-state index contributed by atoms with van der Waals surface area (Å²) in [5, 5.41) is 19.2. The summed E-state index contributed by atoms with van der Waals surface area (Å²) < 4.78 is 45.7. The van der Waals surface area contributed by atoms with E-state index in [0.717, 1.165) is 87.4 Å². The van der Waals surface area contributed by atoms with E-state index in [-0.39, 0.29) is 135 Å². The van der Waals surface area contributed by atoms with Crippen molar-refractivity contribution in [3.05, 3.63) is 169 Å². The van der Waals surface area contributed by atoms with Crippen molar-refractivity contribution >= 4 is 94.6 Å². The molecule has 0 aliphatic carbocycles. The van der Waals surface area contributed by atoms with E-state index in [4.69, 9.17) is 36.5 Å². The van der Waals surface area contributed by atoms with Crippen LogP contribution < -0.4 is 118 Å². The monoisotopic (exact) mass is 1170 g/mol. The number of carbonyl (C=O) groups is 3. The summed E-state index contributed by atoms with van der Waals surface area (Å²) in [7, 11) is 2.58. The molecule has 1 fully saturated rings. The number of carbonyl (C=O) groups excluding carboxylic acids is 3. The van der Waals surface area contributed by atoms with E-state index in [1.54, 1.807) is 55.8 Å². The van der Waals surface area contributed by atoms with Crippen LogP contribution in [0.25, 0.3) is 33.1 Å². The number of aliphatic hydroxyl groups excluding tert-OH is 1. The Hall–Kier alpha value is -3.08.